The fourth-order valence-corrected chi connectivity index (χ4v) is 0.138. The van der Waals surface area contributed by atoms with E-state index in [1.54, 1.807) is 4.90 Å². The molecule has 0 bridgehead atoms. The molecule has 0 fully saturated rings. The predicted molar refractivity (Wildman–Crippen MR) is 25.4 cm³/mol. The minimum atomic E-state index is 0.417. The van der Waals surface area contributed by atoms with Crippen LogP contribution in [0.3, 0.4) is 0 Å². The predicted octanol–water partition coefficient (Wildman–Crippen LogP) is 0.0942. The maximum absolute atomic E-state index is 11.1. The van der Waals surface area contributed by atoms with Crippen LogP contribution < -0.4 is 0 Å². The zero-order valence-electron chi connectivity index (χ0n) is 4.11. The number of rotatable bonds is 2. The standard InChI is InChI=1S/C3H8BFN/c1-6(2)3-4-5/h3H2,1-2H3/q-1. The summed E-state index contributed by atoms with van der Waals surface area (Å²) < 4.78 is 11.1. The van der Waals surface area contributed by atoms with Crippen molar-refractivity contribution in [1.82, 2.24) is 4.90 Å². The van der Waals surface area contributed by atoms with Crippen molar-refractivity contribution in [3.8, 4) is 0 Å². The zero-order chi connectivity index (χ0) is 4.99. The first kappa shape index (κ1) is 5.95. The van der Waals surface area contributed by atoms with Gasteiger partial charge in [-0.05, 0) is 14.1 Å². The maximum Gasteiger partial charge on any atom is -0.0174 e. The lowest BCUT2D eigenvalue weighted by atomic mass is 10.1. The fourth-order valence-electron chi connectivity index (χ4n) is 0.138. The Morgan fingerprint density at radius 2 is 2.17 bits per heavy atom. The van der Waals surface area contributed by atoms with Gasteiger partial charge in [0.05, 0.1) is 0 Å². The van der Waals surface area contributed by atoms with Crippen molar-refractivity contribution >= 4 is 7.56 Å². The SMILES string of the molecule is CN(C)C[B-]F. The van der Waals surface area contributed by atoms with E-state index in [2.05, 4.69) is 0 Å². The largest absolute Gasteiger partial charge is 0.598 e. The number of nitrogens with zero attached hydrogens (tertiary/aromatic N) is 1. The van der Waals surface area contributed by atoms with Gasteiger partial charge in [-0.2, -0.15) is 6.44 Å². The minimum absolute atomic E-state index is 0.417. The van der Waals surface area contributed by atoms with Gasteiger partial charge in [-0.15, -0.1) is 0 Å². The van der Waals surface area contributed by atoms with Gasteiger partial charge in [0.2, 0.25) is 0 Å². The Balaban J connectivity index is 2.63. The second-order valence-electron chi connectivity index (χ2n) is 1.42. The van der Waals surface area contributed by atoms with Crippen LogP contribution in [0.4, 0.5) is 4.32 Å². The number of halogens is 1. The first-order valence-electron chi connectivity index (χ1n) is 1.84. The quantitative estimate of drug-likeness (QED) is 0.432. The highest BCUT2D eigenvalue weighted by molar-refractivity contribution is 6.26. The van der Waals surface area contributed by atoms with Gasteiger partial charge in [0.25, 0.3) is 0 Å². The molecule has 0 aromatic rings. The van der Waals surface area contributed by atoms with E-state index in [1.165, 1.54) is 0 Å². The Morgan fingerprint density at radius 3 is 2.17 bits per heavy atom. The molecule has 0 aliphatic carbocycles. The normalized spacial score (nSPS) is 10.0. The summed E-state index contributed by atoms with van der Waals surface area (Å²) in [5.74, 6) is 0. The Labute approximate surface area is 38.4 Å². The molecule has 1 nitrogen and oxygen atoms in total. The molecule has 0 aromatic heterocycles. The van der Waals surface area contributed by atoms with E-state index in [-0.39, 0.29) is 0 Å². The monoisotopic (exact) mass is 88.1 g/mol. The summed E-state index contributed by atoms with van der Waals surface area (Å²) in [5, 5.41) is 0. The van der Waals surface area contributed by atoms with Crippen molar-refractivity contribution in [3.63, 3.8) is 0 Å². The molecule has 0 amide bonds. The second kappa shape index (κ2) is 3.16. The highest BCUT2D eigenvalue weighted by atomic mass is 19.1. The molecule has 0 aliphatic heterocycles. The molecule has 6 heavy (non-hydrogen) atoms. The van der Waals surface area contributed by atoms with E-state index in [0.29, 0.717) is 14.0 Å². The molecule has 0 rings (SSSR count). The first-order valence-corrected chi connectivity index (χ1v) is 1.84. The highest BCUT2D eigenvalue weighted by Gasteiger charge is 1.71. The molecule has 0 heterocycles. The van der Waals surface area contributed by atoms with Gasteiger partial charge in [0.1, 0.15) is 0 Å². The van der Waals surface area contributed by atoms with Gasteiger partial charge in [-0.25, -0.2) is 0 Å². The van der Waals surface area contributed by atoms with Gasteiger partial charge in [0, 0.05) is 0 Å². The van der Waals surface area contributed by atoms with Crippen molar-refractivity contribution in [2.45, 2.75) is 0 Å². The van der Waals surface area contributed by atoms with Crippen LogP contribution in [0, 0.1) is 0 Å². The smallest absolute Gasteiger partial charge is 0.0174 e. The van der Waals surface area contributed by atoms with Crippen LogP contribution in [-0.2, 0) is 0 Å². The van der Waals surface area contributed by atoms with Gasteiger partial charge < -0.3 is 9.22 Å². The van der Waals surface area contributed by atoms with Crippen LogP contribution in [0.5, 0.6) is 0 Å². The summed E-state index contributed by atoms with van der Waals surface area (Å²) in [5.41, 5.74) is 0. The topological polar surface area (TPSA) is 3.24 Å². The Kier molecular flexibility index (Phi) is 3.13. The van der Waals surface area contributed by atoms with E-state index < -0.39 is 0 Å². The number of hydrogen-bond acceptors (Lipinski definition) is 1. The van der Waals surface area contributed by atoms with Crippen LogP contribution >= 0.6 is 0 Å². The zero-order valence-corrected chi connectivity index (χ0v) is 4.11. The lowest BCUT2D eigenvalue weighted by molar-refractivity contribution is 0.469. The lowest BCUT2D eigenvalue weighted by Gasteiger charge is -2.11. The first-order chi connectivity index (χ1) is 2.77. The van der Waals surface area contributed by atoms with Crippen molar-refractivity contribution in [2.24, 2.45) is 0 Å². The van der Waals surface area contributed by atoms with Crippen molar-refractivity contribution in [2.75, 3.05) is 20.5 Å². The molecule has 0 unspecified atom stereocenters. The summed E-state index contributed by atoms with van der Waals surface area (Å²) in [4.78, 5) is 1.75. The van der Waals surface area contributed by atoms with E-state index in [9.17, 15) is 4.32 Å². The molecular formula is C3H8BFN-. The van der Waals surface area contributed by atoms with Crippen LogP contribution in [0.15, 0.2) is 0 Å². The van der Waals surface area contributed by atoms with Crippen LogP contribution in [0.2, 0.25) is 0 Å². The van der Waals surface area contributed by atoms with Crippen LogP contribution in [0.25, 0.3) is 0 Å². The number of hydrogen-bond donors (Lipinski definition) is 0. The summed E-state index contributed by atoms with van der Waals surface area (Å²) in [6.07, 6.45) is 0.417. The minimum Gasteiger partial charge on any atom is -0.598 e. The molecule has 0 atom stereocenters. The molecule has 0 N–H and O–H groups in total. The Bertz CT molecular complexity index is 32.0. The molecule has 0 saturated heterocycles. The molecule has 0 spiro atoms. The molecule has 3 heteroatoms. The average Bonchev–Trinajstić information content (AvgIpc) is 1.35. The van der Waals surface area contributed by atoms with E-state index in [1.807, 2.05) is 14.1 Å². The molecule has 36 valence electrons. The Morgan fingerprint density at radius 1 is 1.67 bits per heavy atom. The maximum atomic E-state index is 11.1. The average molecular weight is 87.9 g/mol. The van der Waals surface area contributed by atoms with E-state index >= 15 is 0 Å². The van der Waals surface area contributed by atoms with Crippen LogP contribution in [-0.4, -0.2) is 33.0 Å². The summed E-state index contributed by atoms with van der Waals surface area (Å²) in [6, 6.07) is 0. The molecule has 0 saturated carbocycles. The van der Waals surface area contributed by atoms with Gasteiger partial charge >= 0.3 is 0 Å². The molecule has 0 aromatic carbocycles. The Hall–Kier alpha value is -0.0451. The second-order valence-corrected chi connectivity index (χ2v) is 1.42. The van der Waals surface area contributed by atoms with Crippen molar-refractivity contribution in [3.05, 3.63) is 0 Å². The third kappa shape index (κ3) is 3.95. The summed E-state index contributed by atoms with van der Waals surface area (Å²) in [7, 11) is 4.26. The molecule has 0 aliphatic rings. The summed E-state index contributed by atoms with van der Waals surface area (Å²) in [6.45, 7) is 0. The third-order valence-electron chi connectivity index (χ3n) is 0.434. The van der Waals surface area contributed by atoms with Crippen molar-refractivity contribution < 1.29 is 4.32 Å². The van der Waals surface area contributed by atoms with Crippen molar-refractivity contribution in [1.29, 1.82) is 0 Å². The van der Waals surface area contributed by atoms with Crippen LogP contribution in [0.1, 0.15) is 0 Å². The fraction of sp³-hybridized carbons (Fsp3) is 1.00. The lowest BCUT2D eigenvalue weighted by Crippen LogP contribution is -2.15. The van der Waals surface area contributed by atoms with E-state index in [4.69, 9.17) is 0 Å². The van der Waals surface area contributed by atoms with Gasteiger partial charge in [0.15, 0.2) is 0 Å². The summed E-state index contributed by atoms with van der Waals surface area (Å²) >= 11 is 0. The van der Waals surface area contributed by atoms with E-state index in [0.717, 1.165) is 0 Å². The highest BCUT2D eigenvalue weighted by Crippen LogP contribution is 1.68. The van der Waals surface area contributed by atoms with Gasteiger partial charge in [-0.1, -0.05) is 7.56 Å². The van der Waals surface area contributed by atoms with Gasteiger partial charge in [-0.3, -0.25) is 0 Å². The molecular weight excluding hydrogens is 79.8 g/mol. The third-order valence-corrected chi connectivity index (χ3v) is 0.434. The molecule has 2 radical (unpaired) electrons.